The van der Waals surface area contributed by atoms with Gasteiger partial charge in [-0.25, -0.2) is 4.39 Å². The highest BCUT2D eigenvalue weighted by atomic mass is 19.1. The zero-order valence-electron chi connectivity index (χ0n) is 10.9. The molecule has 0 aromatic heterocycles. The van der Waals surface area contributed by atoms with Crippen LogP contribution in [0.1, 0.15) is 26.7 Å². The van der Waals surface area contributed by atoms with Crippen molar-refractivity contribution in [2.75, 3.05) is 0 Å². The third kappa shape index (κ3) is 3.24. The van der Waals surface area contributed by atoms with Crippen molar-refractivity contribution in [1.29, 1.82) is 0 Å². The second-order valence-electron chi connectivity index (χ2n) is 5.41. The van der Waals surface area contributed by atoms with Gasteiger partial charge >= 0.3 is 0 Å². The number of aliphatic hydroxyl groups is 1. The lowest BCUT2D eigenvalue weighted by Gasteiger charge is -2.27. The van der Waals surface area contributed by atoms with E-state index in [2.05, 4.69) is 10.2 Å². The van der Waals surface area contributed by atoms with Crippen molar-refractivity contribution < 1.29 is 14.3 Å². The Morgan fingerprint density at radius 3 is 2.37 bits per heavy atom. The van der Waals surface area contributed by atoms with Gasteiger partial charge in [-0.1, -0.05) is 13.8 Å². The van der Waals surface area contributed by atoms with E-state index >= 15 is 0 Å². The fourth-order valence-electron chi connectivity index (χ4n) is 2.01. The summed E-state index contributed by atoms with van der Waals surface area (Å²) in [5, 5.41) is 17.5. The third-order valence-electron chi connectivity index (χ3n) is 2.91. The molecule has 0 fully saturated rings. The fourth-order valence-corrected chi connectivity index (χ4v) is 2.01. The molecule has 2 rings (SSSR count). The average Bonchev–Trinajstić information content (AvgIpc) is 2.29. The van der Waals surface area contributed by atoms with Gasteiger partial charge in [-0.2, -0.15) is 5.11 Å². The number of aliphatic hydroxyl groups excluding tert-OH is 1. The van der Waals surface area contributed by atoms with Crippen LogP contribution >= 0.6 is 0 Å². The van der Waals surface area contributed by atoms with Crippen LogP contribution in [0.5, 0.6) is 0 Å². The van der Waals surface area contributed by atoms with E-state index in [0.29, 0.717) is 18.5 Å². The van der Waals surface area contributed by atoms with Crippen molar-refractivity contribution in [2.24, 2.45) is 15.6 Å². The first kappa shape index (κ1) is 13.4. The largest absolute Gasteiger partial charge is 0.510 e. The molecule has 0 radical (unpaired) electrons. The van der Waals surface area contributed by atoms with E-state index < -0.39 is 0 Å². The number of carbonyl (C=O) groups is 1. The van der Waals surface area contributed by atoms with E-state index in [1.807, 2.05) is 13.8 Å². The van der Waals surface area contributed by atoms with Gasteiger partial charge in [-0.15, -0.1) is 5.11 Å². The van der Waals surface area contributed by atoms with Crippen molar-refractivity contribution >= 4 is 11.5 Å². The standard InChI is InChI=1S/C14H15FN2O2/c1-14(2)7-11(18)13(12(19)8-14)17-16-10-5-3-9(15)4-6-10/h3-6,18H,7-8H2,1-2H3. The molecule has 1 N–H and O–H groups in total. The molecule has 19 heavy (non-hydrogen) atoms. The van der Waals surface area contributed by atoms with Crippen LogP contribution in [-0.2, 0) is 4.79 Å². The SMILES string of the molecule is CC1(C)CC(=O)C(N=Nc2ccc(F)cc2)=C(O)C1. The van der Waals surface area contributed by atoms with E-state index in [9.17, 15) is 14.3 Å². The maximum Gasteiger partial charge on any atom is 0.187 e. The van der Waals surface area contributed by atoms with Crippen molar-refractivity contribution in [3.05, 3.63) is 41.5 Å². The van der Waals surface area contributed by atoms with Crippen molar-refractivity contribution in [2.45, 2.75) is 26.7 Å². The Bertz CT molecular complexity index is 559. The lowest BCUT2D eigenvalue weighted by Crippen LogP contribution is -2.25. The molecule has 0 bridgehead atoms. The van der Waals surface area contributed by atoms with Crippen molar-refractivity contribution in [3.8, 4) is 0 Å². The van der Waals surface area contributed by atoms with Crippen LogP contribution in [0.4, 0.5) is 10.1 Å². The molecular formula is C14H15FN2O2. The van der Waals surface area contributed by atoms with Crippen LogP contribution in [-0.4, -0.2) is 10.9 Å². The van der Waals surface area contributed by atoms with Crippen LogP contribution in [0.15, 0.2) is 46.0 Å². The van der Waals surface area contributed by atoms with Gasteiger partial charge in [0.25, 0.3) is 0 Å². The number of nitrogens with zero attached hydrogens (tertiary/aromatic N) is 2. The van der Waals surface area contributed by atoms with E-state index in [1.165, 1.54) is 24.3 Å². The number of azo groups is 1. The Morgan fingerprint density at radius 1 is 1.16 bits per heavy atom. The van der Waals surface area contributed by atoms with E-state index in [0.717, 1.165) is 0 Å². The number of ketones is 1. The maximum absolute atomic E-state index is 12.7. The molecule has 1 aliphatic rings. The molecule has 1 aromatic rings. The van der Waals surface area contributed by atoms with Gasteiger partial charge in [0.15, 0.2) is 11.5 Å². The van der Waals surface area contributed by atoms with Crippen molar-refractivity contribution in [3.63, 3.8) is 0 Å². The molecule has 0 spiro atoms. The lowest BCUT2D eigenvalue weighted by molar-refractivity contribution is -0.118. The molecule has 0 saturated heterocycles. The zero-order chi connectivity index (χ0) is 14.0. The first-order chi connectivity index (χ1) is 8.87. The van der Waals surface area contributed by atoms with Crippen LogP contribution in [0, 0.1) is 11.2 Å². The summed E-state index contributed by atoms with van der Waals surface area (Å²) in [4.78, 5) is 11.9. The number of allylic oxidation sites excluding steroid dienone is 2. The quantitative estimate of drug-likeness (QED) is 0.816. The average molecular weight is 262 g/mol. The van der Waals surface area contributed by atoms with E-state index in [4.69, 9.17) is 0 Å². The molecule has 0 saturated carbocycles. The number of Topliss-reactive ketones (excluding diaryl/α,β-unsaturated/α-hetero) is 1. The molecule has 0 heterocycles. The molecule has 1 aliphatic carbocycles. The summed E-state index contributed by atoms with van der Waals surface area (Å²) in [6.45, 7) is 3.82. The Morgan fingerprint density at radius 2 is 1.79 bits per heavy atom. The molecule has 0 amide bonds. The molecule has 1 aromatic carbocycles. The highest BCUT2D eigenvalue weighted by Crippen LogP contribution is 2.36. The lowest BCUT2D eigenvalue weighted by atomic mass is 9.78. The van der Waals surface area contributed by atoms with Crippen molar-refractivity contribution in [1.82, 2.24) is 0 Å². The van der Waals surface area contributed by atoms with Gasteiger partial charge < -0.3 is 5.11 Å². The predicted molar refractivity (Wildman–Crippen MR) is 68.6 cm³/mol. The molecule has 0 atom stereocenters. The maximum atomic E-state index is 12.7. The Hall–Kier alpha value is -2.04. The van der Waals surface area contributed by atoms with Crippen LogP contribution in [0.25, 0.3) is 0 Å². The molecule has 5 heteroatoms. The molecule has 0 unspecified atom stereocenters. The van der Waals surface area contributed by atoms with Gasteiger partial charge in [-0.05, 0) is 29.7 Å². The number of benzene rings is 1. The summed E-state index contributed by atoms with van der Waals surface area (Å²) < 4.78 is 12.7. The summed E-state index contributed by atoms with van der Waals surface area (Å²) in [7, 11) is 0. The van der Waals surface area contributed by atoms with Gasteiger partial charge in [0.2, 0.25) is 0 Å². The normalized spacial score (nSPS) is 19.2. The van der Waals surface area contributed by atoms with Gasteiger partial charge in [0.05, 0.1) is 5.69 Å². The smallest absolute Gasteiger partial charge is 0.187 e. The van der Waals surface area contributed by atoms with Gasteiger partial charge in [0.1, 0.15) is 11.6 Å². The summed E-state index contributed by atoms with van der Waals surface area (Å²) >= 11 is 0. The second kappa shape index (κ2) is 4.91. The van der Waals surface area contributed by atoms with Gasteiger partial charge in [0, 0.05) is 12.8 Å². The molecule has 100 valence electrons. The summed E-state index contributed by atoms with van der Waals surface area (Å²) in [5.74, 6) is -0.622. The van der Waals surface area contributed by atoms with Crippen LogP contribution in [0.3, 0.4) is 0 Å². The molecule has 4 nitrogen and oxygen atoms in total. The van der Waals surface area contributed by atoms with E-state index in [-0.39, 0.29) is 28.5 Å². The number of hydrogen-bond donors (Lipinski definition) is 1. The van der Waals surface area contributed by atoms with Gasteiger partial charge in [-0.3, -0.25) is 4.79 Å². The number of hydrogen-bond acceptors (Lipinski definition) is 4. The topological polar surface area (TPSA) is 62.0 Å². The highest BCUT2D eigenvalue weighted by molar-refractivity contribution is 5.96. The molecular weight excluding hydrogens is 247 g/mol. The fraction of sp³-hybridized carbons (Fsp3) is 0.357. The monoisotopic (exact) mass is 262 g/mol. The van der Waals surface area contributed by atoms with Crippen LogP contribution in [0.2, 0.25) is 0 Å². The number of carbonyl (C=O) groups excluding carboxylic acids is 1. The second-order valence-corrected chi connectivity index (χ2v) is 5.41. The predicted octanol–water partition coefficient (Wildman–Crippen LogP) is 4.07. The first-order valence-electron chi connectivity index (χ1n) is 6.00. The Kier molecular flexibility index (Phi) is 3.46. The minimum absolute atomic E-state index is 0.00338. The summed E-state index contributed by atoms with van der Waals surface area (Å²) in [6.07, 6.45) is 0.728. The summed E-state index contributed by atoms with van der Waals surface area (Å²) in [5.41, 5.74) is 0.179. The third-order valence-corrected chi connectivity index (χ3v) is 2.91. The van der Waals surface area contributed by atoms with Crippen LogP contribution < -0.4 is 0 Å². The minimum Gasteiger partial charge on any atom is -0.510 e. The first-order valence-corrected chi connectivity index (χ1v) is 6.00. The molecule has 0 aliphatic heterocycles. The highest BCUT2D eigenvalue weighted by Gasteiger charge is 2.33. The Labute approximate surface area is 110 Å². The zero-order valence-corrected chi connectivity index (χ0v) is 10.9. The summed E-state index contributed by atoms with van der Waals surface area (Å²) in [6, 6.07) is 5.42. The van der Waals surface area contributed by atoms with E-state index in [1.54, 1.807) is 0 Å². The Balaban J connectivity index is 2.23. The number of halogens is 1. The minimum atomic E-state index is -0.364. The number of rotatable bonds is 2.